The third-order valence-electron chi connectivity index (χ3n) is 2.12. The SMILES string of the molecule is CCCN(C)C(=O)NCC(CC(=O)O)OC. The molecule has 1 atom stereocenters. The first-order valence-corrected chi connectivity index (χ1v) is 5.24. The van der Waals surface area contributed by atoms with Crippen LogP contribution in [0.2, 0.25) is 0 Å². The van der Waals surface area contributed by atoms with E-state index in [1.807, 2.05) is 6.92 Å². The molecular weight excluding hydrogens is 212 g/mol. The van der Waals surface area contributed by atoms with Gasteiger partial charge in [0.25, 0.3) is 0 Å². The van der Waals surface area contributed by atoms with Gasteiger partial charge in [0.1, 0.15) is 0 Å². The van der Waals surface area contributed by atoms with Crippen molar-refractivity contribution >= 4 is 12.0 Å². The summed E-state index contributed by atoms with van der Waals surface area (Å²) in [5, 5.41) is 11.2. The number of aliphatic carboxylic acids is 1. The summed E-state index contributed by atoms with van der Waals surface area (Å²) >= 11 is 0. The van der Waals surface area contributed by atoms with Crippen LogP contribution in [-0.2, 0) is 9.53 Å². The van der Waals surface area contributed by atoms with Gasteiger partial charge in [0.15, 0.2) is 0 Å². The van der Waals surface area contributed by atoms with E-state index in [1.54, 1.807) is 11.9 Å². The zero-order valence-electron chi connectivity index (χ0n) is 10.0. The van der Waals surface area contributed by atoms with Gasteiger partial charge in [-0.15, -0.1) is 0 Å². The van der Waals surface area contributed by atoms with E-state index >= 15 is 0 Å². The van der Waals surface area contributed by atoms with Gasteiger partial charge < -0.3 is 20.1 Å². The van der Waals surface area contributed by atoms with Crippen molar-refractivity contribution < 1.29 is 19.4 Å². The molecule has 0 fully saturated rings. The lowest BCUT2D eigenvalue weighted by molar-refractivity contribution is -0.139. The lowest BCUT2D eigenvalue weighted by Crippen LogP contribution is -2.42. The highest BCUT2D eigenvalue weighted by molar-refractivity contribution is 5.74. The second-order valence-electron chi connectivity index (χ2n) is 3.56. The fraction of sp³-hybridized carbons (Fsp3) is 0.800. The maximum atomic E-state index is 11.5. The third kappa shape index (κ3) is 6.23. The van der Waals surface area contributed by atoms with Crippen LogP contribution in [0.25, 0.3) is 0 Å². The van der Waals surface area contributed by atoms with E-state index in [0.717, 1.165) is 6.42 Å². The zero-order valence-corrected chi connectivity index (χ0v) is 10.0. The summed E-state index contributed by atoms with van der Waals surface area (Å²) < 4.78 is 4.94. The van der Waals surface area contributed by atoms with Crippen molar-refractivity contribution in [3.8, 4) is 0 Å². The predicted octanol–water partition coefficient (Wildman–Crippen LogP) is 0.527. The smallest absolute Gasteiger partial charge is 0.317 e. The number of carboxylic acids is 1. The first-order valence-electron chi connectivity index (χ1n) is 5.24. The van der Waals surface area contributed by atoms with Crippen molar-refractivity contribution in [2.75, 3.05) is 27.2 Å². The largest absolute Gasteiger partial charge is 0.481 e. The summed E-state index contributed by atoms with van der Waals surface area (Å²) in [6, 6.07) is -0.214. The second-order valence-corrected chi connectivity index (χ2v) is 3.56. The van der Waals surface area contributed by atoms with Crippen LogP contribution < -0.4 is 5.32 Å². The highest BCUT2D eigenvalue weighted by Gasteiger charge is 2.14. The molecular formula is C10H20N2O4. The molecule has 0 radical (unpaired) electrons. The van der Waals surface area contributed by atoms with Crippen LogP contribution in [-0.4, -0.2) is 55.4 Å². The van der Waals surface area contributed by atoms with Gasteiger partial charge in [0.05, 0.1) is 12.5 Å². The van der Waals surface area contributed by atoms with E-state index in [9.17, 15) is 9.59 Å². The molecule has 0 spiro atoms. The summed E-state index contributed by atoms with van der Waals surface area (Å²) in [5.74, 6) is -0.942. The fourth-order valence-electron chi connectivity index (χ4n) is 1.21. The Labute approximate surface area is 95.6 Å². The summed E-state index contributed by atoms with van der Waals surface area (Å²) in [4.78, 5) is 23.4. The molecule has 2 amide bonds. The Morgan fingerprint density at radius 3 is 2.56 bits per heavy atom. The predicted molar refractivity (Wildman–Crippen MR) is 59.4 cm³/mol. The number of hydrogen-bond donors (Lipinski definition) is 2. The molecule has 16 heavy (non-hydrogen) atoms. The Kier molecular flexibility index (Phi) is 7.28. The van der Waals surface area contributed by atoms with Crippen LogP contribution in [0.5, 0.6) is 0 Å². The minimum atomic E-state index is -0.942. The van der Waals surface area contributed by atoms with Crippen molar-refractivity contribution in [1.82, 2.24) is 10.2 Å². The van der Waals surface area contributed by atoms with E-state index in [-0.39, 0.29) is 19.0 Å². The molecule has 0 aliphatic heterocycles. The number of amides is 2. The Morgan fingerprint density at radius 1 is 1.50 bits per heavy atom. The molecule has 0 aliphatic carbocycles. The van der Waals surface area contributed by atoms with Gasteiger partial charge in [0.2, 0.25) is 0 Å². The van der Waals surface area contributed by atoms with Gasteiger partial charge in [-0.05, 0) is 6.42 Å². The maximum Gasteiger partial charge on any atom is 0.317 e. The molecule has 94 valence electrons. The Morgan fingerprint density at radius 2 is 2.12 bits per heavy atom. The van der Waals surface area contributed by atoms with Gasteiger partial charge in [-0.25, -0.2) is 4.79 Å². The Bertz CT molecular complexity index is 233. The summed E-state index contributed by atoms with van der Waals surface area (Å²) in [6.07, 6.45) is 0.276. The molecule has 1 unspecified atom stereocenters. The van der Waals surface area contributed by atoms with Gasteiger partial charge >= 0.3 is 12.0 Å². The molecule has 0 aromatic heterocycles. The number of carboxylic acid groups (broad SMARTS) is 1. The van der Waals surface area contributed by atoms with Gasteiger partial charge in [-0.1, -0.05) is 6.92 Å². The quantitative estimate of drug-likeness (QED) is 0.671. The third-order valence-corrected chi connectivity index (χ3v) is 2.12. The normalized spacial score (nSPS) is 11.9. The number of rotatable bonds is 7. The van der Waals surface area contributed by atoms with Gasteiger partial charge in [-0.2, -0.15) is 0 Å². The number of nitrogens with zero attached hydrogens (tertiary/aromatic N) is 1. The molecule has 2 N–H and O–H groups in total. The molecule has 0 aromatic rings. The average Bonchev–Trinajstić information content (AvgIpc) is 2.23. The Hall–Kier alpha value is -1.30. The lowest BCUT2D eigenvalue weighted by atomic mass is 10.2. The van der Waals surface area contributed by atoms with Gasteiger partial charge in [0, 0.05) is 27.2 Å². The standard InChI is InChI=1S/C10H20N2O4/c1-4-5-12(2)10(15)11-7-8(16-3)6-9(13)14/h8H,4-7H2,1-3H3,(H,11,15)(H,13,14). The molecule has 6 heteroatoms. The molecule has 6 nitrogen and oxygen atoms in total. The van der Waals surface area contributed by atoms with Crippen molar-refractivity contribution in [2.45, 2.75) is 25.9 Å². The van der Waals surface area contributed by atoms with E-state index in [4.69, 9.17) is 9.84 Å². The van der Waals surface area contributed by atoms with Crippen LogP contribution in [0.4, 0.5) is 4.79 Å². The minimum absolute atomic E-state index is 0.117. The number of hydrogen-bond acceptors (Lipinski definition) is 3. The summed E-state index contributed by atoms with van der Waals surface area (Å²) in [7, 11) is 3.12. The van der Waals surface area contributed by atoms with Crippen LogP contribution in [0.3, 0.4) is 0 Å². The van der Waals surface area contributed by atoms with E-state index in [1.165, 1.54) is 7.11 Å². The number of urea groups is 1. The van der Waals surface area contributed by atoms with Crippen LogP contribution in [0.1, 0.15) is 19.8 Å². The highest BCUT2D eigenvalue weighted by atomic mass is 16.5. The van der Waals surface area contributed by atoms with Crippen molar-refractivity contribution in [1.29, 1.82) is 0 Å². The van der Waals surface area contributed by atoms with Crippen molar-refractivity contribution in [2.24, 2.45) is 0 Å². The van der Waals surface area contributed by atoms with E-state index in [2.05, 4.69) is 5.32 Å². The first kappa shape index (κ1) is 14.7. The summed E-state index contributed by atoms with van der Waals surface area (Å²) in [5.41, 5.74) is 0. The molecule has 0 aromatic carbocycles. The van der Waals surface area contributed by atoms with Crippen LogP contribution in [0.15, 0.2) is 0 Å². The number of methoxy groups -OCH3 is 1. The fourth-order valence-corrected chi connectivity index (χ4v) is 1.21. The van der Waals surface area contributed by atoms with Crippen molar-refractivity contribution in [3.05, 3.63) is 0 Å². The average molecular weight is 232 g/mol. The second kappa shape index (κ2) is 7.92. The lowest BCUT2D eigenvalue weighted by Gasteiger charge is -2.19. The highest BCUT2D eigenvalue weighted by Crippen LogP contribution is 1.96. The number of carbonyl (C=O) groups excluding carboxylic acids is 1. The molecule has 0 bridgehead atoms. The molecule has 0 saturated heterocycles. The molecule has 0 aliphatic rings. The number of ether oxygens (including phenoxy) is 1. The zero-order chi connectivity index (χ0) is 12.6. The molecule has 0 heterocycles. The van der Waals surface area contributed by atoms with E-state index < -0.39 is 12.1 Å². The first-order chi connectivity index (χ1) is 7.51. The van der Waals surface area contributed by atoms with Gasteiger partial charge in [-0.3, -0.25) is 4.79 Å². The Balaban J connectivity index is 3.91. The maximum absolute atomic E-state index is 11.5. The van der Waals surface area contributed by atoms with Crippen LogP contribution in [0, 0.1) is 0 Å². The van der Waals surface area contributed by atoms with E-state index in [0.29, 0.717) is 6.54 Å². The topological polar surface area (TPSA) is 78.9 Å². The summed E-state index contributed by atoms with van der Waals surface area (Å²) in [6.45, 7) is 2.85. The monoisotopic (exact) mass is 232 g/mol. The number of carbonyl (C=O) groups is 2. The number of nitrogens with one attached hydrogen (secondary N) is 1. The van der Waals surface area contributed by atoms with Crippen LogP contribution >= 0.6 is 0 Å². The molecule has 0 rings (SSSR count). The minimum Gasteiger partial charge on any atom is -0.481 e. The van der Waals surface area contributed by atoms with Crippen molar-refractivity contribution in [3.63, 3.8) is 0 Å². The molecule has 0 saturated carbocycles.